The molecule has 1 saturated heterocycles. The highest BCUT2D eigenvalue weighted by atomic mass is 19.1. The molecule has 1 fully saturated rings. The van der Waals surface area contributed by atoms with Gasteiger partial charge in [-0.2, -0.15) is 0 Å². The third-order valence-electron chi connectivity index (χ3n) is 4.60. The maximum Gasteiger partial charge on any atom is 0.193 e. The number of halogens is 2. The first-order valence-electron chi connectivity index (χ1n) is 8.31. The lowest BCUT2D eigenvalue weighted by Crippen LogP contribution is -2.44. The summed E-state index contributed by atoms with van der Waals surface area (Å²) in [5, 5.41) is 3.28. The van der Waals surface area contributed by atoms with Crippen molar-refractivity contribution in [2.45, 2.75) is 26.3 Å². The lowest BCUT2D eigenvalue weighted by Gasteiger charge is -2.29. The Balaban J connectivity index is 2.12. The van der Waals surface area contributed by atoms with Crippen LogP contribution in [0.3, 0.4) is 0 Å². The molecule has 0 bridgehead atoms. The molecule has 1 heterocycles. The van der Waals surface area contributed by atoms with Crippen LogP contribution in [0.5, 0.6) is 0 Å². The summed E-state index contributed by atoms with van der Waals surface area (Å²) in [5.74, 6) is -0.259. The first kappa shape index (κ1) is 18.6. The number of likely N-dealkylation sites (tertiary alicyclic amines) is 1. The smallest absolute Gasteiger partial charge is 0.193 e. The van der Waals surface area contributed by atoms with Gasteiger partial charge in [0.15, 0.2) is 5.96 Å². The summed E-state index contributed by atoms with van der Waals surface area (Å²) in [6.07, 6.45) is 1.10. The molecule has 0 aliphatic carbocycles. The molecule has 0 spiro atoms. The summed E-state index contributed by atoms with van der Waals surface area (Å²) in [5.41, 5.74) is 0.350. The molecule has 2 rings (SSSR count). The van der Waals surface area contributed by atoms with Crippen LogP contribution in [-0.4, -0.2) is 56.5 Å². The summed E-state index contributed by atoms with van der Waals surface area (Å²) in [6, 6.07) is 3.57. The van der Waals surface area contributed by atoms with Crippen LogP contribution in [0.4, 0.5) is 8.78 Å². The third kappa shape index (κ3) is 4.23. The second-order valence-corrected chi connectivity index (χ2v) is 7.38. The van der Waals surface area contributed by atoms with E-state index in [9.17, 15) is 8.78 Å². The molecule has 1 aromatic carbocycles. The Morgan fingerprint density at radius 2 is 1.96 bits per heavy atom. The zero-order valence-electron chi connectivity index (χ0n) is 15.2. The van der Waals surface area contributed by atoms with Gasteiger partial charge in [-0.1, -0.05) is 19.9 Å². The Morgan fingerprint density at radius 1 is 1.33 bits per heavy atom. The second-order valence-electron chi connectivity index (χ2n) is 7.38. The number of hydrogen-bond acceptors (Lipinski definition) is 2. The molecule has 1 aromatic rings. The SMILES string of the molecule is CN=C(NCC(c1c(F)cccc1F)N(C)C)N1CCC(C)(C)C1. The number of hydrogen-bond donors (Lipinski definition) is 1. The highest BCUT2D eigenvalue weighted by Gasteiger charge is 2.31. The van der Waals surface area contributed by atoms with Gasteiger partial charge in [0.1, 0.15) is 11.6 Å². The van der Waals surface area contributed by atoms with E-state index in [-0.39, 0.29) is 11.0 Å². The number of aliphatic imine (C=N–C) groups is 1. The van der Waals surface area contributed by atoms with Crippen molar-refractivity contribution >= 4 is 5.96 Å². The van der Waals surface area contributed by atoms with Crippen LogP contribution in [0.25, 0.3) is 0 Å². The zero-order chi connectivity index (χ0) is 17.9. The molecule has 4 nitrogen and oxygen atoms in total. The summed E-state index contributed by atoms with van der Waals surface area (Å²) in [4.78, 5) is 8.34. The number of nitrogens with one attached hydrogen (secondary N) is 1. The first-order valence-corrected chi connectivity index (χ1v) is 8.31. The van der Waals surface area contributed by atoms with Gasteiger partial charge >= 0.3 is 0 Å². The molecular weight excluding hydrogens is 310 g/mol. The minimum Gasteiger partial charge on any atom is -0.354 e. The lowest BCUT2D eigenvalue weighted by atomic mass is 9.93. The topological polar surface area (TPSA) is 30.9 Å². The van der Waals surface area contributed by atoms with Crippen LogP contribution in [0.15, 0.2) is 23.2 Å². The van der Waals surface area contributed by atoms with Gasteiger partial charge in [0.25, 0.3) is 0 Å². The van der Waals surface area contributed by atoms with E-state index in [0.717, 1.165) is 25.5 Å². The van der Waals surface area contributed by atoms with E-state index in [4.69, 9.17) is 0 Å². The van der Waals surface area contributed by atoms with Crippen molar-refractivity contribution in [3.8, 4) is 0 Å². The molecule has 0 aromatic heterocycles. The van der Waals surface area contributed by atoms with E-state index < -0.39 is 17.7 Å². The van der Waals surface area contributed by atoms with Gasteiger partial charge in [0.2, 0.25) is 0 Å². The van der Waals surface area contributed by atoms with Crippen LogP contribution < -0.4 is 5.32 Å². The summed E-state index contributed by atoms with van der Waals surface area (Å²) >= 11 is 0. The second kappa shape index (κ2) is 7.47. The van der Waals surface area contributed by atoms with Crippen molar-refractivity contribution in [1.82, 2.24) is 15.1 Å². The fourth-order valence-electron chi connectivity index (χ4n) is 3.19. The van der Waals surface area contributed by atoms with Crippen molar-refractivity contribution in [3.05, 3.63) is 35.4 Å². The van der Waals surface area contributed by atoms with Gasteiger partial charge in [0.05, 0.1) is 6.04 Å². The summed E-state index contributed by atoms with van der Waals surface area (Å²) in [7, 11) is 5.38. The largest absolute Gasteiger partial charge is 0.354 e. The quantitative estimate of drug-likeness (QED) is 0.676. The fraction of sp³-hybridized carbons (Fsp3) is 0.611. The number of benzene rings is 1. The van der Waals surface area contributed by atoms with Gasteiger partial charge in [-0.15, -0.1) is 0 Å². The Hall–Kier alpha value is -1.69. The highest BCUT2D eigenvalue weighted by Crippen LogP contribution is 2.29. The van der Waals surface area contributed by atoms with Gasteiger partial charge in [-0.05, 0) is 38.1 Å². The van der Waals surface area contributed by atoms with Crippen LogP contribution in [0, 0.1) is 17.0 Å². The monoisotopic (exact) mass is 338 g/mol. The van der Waals surface area contributed by atoms with Crippen LogP contribution in [0.2, 0.25) is 0 Å². The summed E-state index contributed by atoms with van der Waals surface area (Å²) in [6.45, 7) is 6.71. The van der Waals surface area contributed by atoms with E-state index in [1.54, 1.807) is 7.05 Å². The van der Waals surface area contributed by atoms with Crippen molar-refractivity contribution in [2.24, 2.45) is 10.4 Å². The molecule has 134 valence electrons. The Bertz CT molecular complexity index is 578. The lowest BCUT2D eigenvalue weighted by molar-refractivity contribution is 0.279. The molecule has 0 saturated carbocycles. The molecule has 0 amide bonds. The zero-order valence-corrected chi connectivity index (χ0v) is 15.2. The van der Waals surface area contributed by atoms with E-state index in [1.807, 2.05) is 19.0 Å². The Morgan fingerprint density at radius 3 is 2.42 bits per heavy atom. The molecule has 1 unspecified atom stereocenters. The molecular formula is C18H28F2N4. The standard InChI is InChI=1S/C18H28F2N4/c1-18(2)9-10-24(12-18)17(21-3)22-11-15(23(4)5)16-13(19)7-6-8-14(16)20/h6-8,15H,9-12H2,1-5H3,(H,21,22). The number of nitrogens with zero attached hydrogens (tertiary/aromatic N) is 3. The van der Waals surface area contributed by atoms with E-state index in [2.05, 4.69) is 29.1 Å². The maximum atomic E-state index is 14.1. The van der Waals surface area contributed by atoms with Crippen LogP contribution >= 0.6 is 0 Å². The molecule has 1 aliphatic rings. The fourth-order valence-corrected chi connectivity index (χ4v) is 3.19. The first-order chi connectivity index (χ1) is 11.2. The minimum atomic E-state index is -0.521. The highest BCUT2D eigenvalue weighted by molar-refractivity contribution is 5.80. The molecule has 1 atom stereocenters. The Labute approximate surface area is 143 Å². The van der Waals surface area contributed by atoms with Gasteiger partial charge in [0, 0.05) is 32.2 Å². The predicted molar refractivity (Wildman–Crippen MR) is 94.1 cm³/mol. The van der Waals surface area contributed by atoms with Gasteiger partial charge in [-0.25, -0.2) is 8.78 Å². The van der Waals surface area contributed by atoms with Crippen molar-refractivity contribution in [2.75, 3.05) is 40.8 Å². The van der Waals surface area contributed by atoms with Crippen molar-refractivity contribution in [1.29, 1.82) is 0 Å². The van der Waals surface area contributed by atoms with Gasteiger partial charge < -0.3 is 15.1 Å². The van der Waals surface area contributed by atoms with Crippen LogP contribution in [0.1, 0.15) is 31.9 Å². The van der Waals surface area contributed by atoms with Crippen molar-refractivity contribution in [3.63, 3.8) is 0 Å². The Kier molecular flexibility index (Phi) is 5.80. The van der Waals surface area contributed by atoms with E-state index >= 15 is 0 Å². The van der Waals surface area contributed by atoms with E-state index in [1.165, 1.54) is 18.2 Å². The maximum absolute atomic E-state index is 14.1. The van der Waals surface area contributed by atoms with Crippen molar-refractivity contribution < 1.29 is 8.78 Å². The normalized spacial score (nSPS) is 19.0. The minimum absolute atomic E-state index is 0.0900. The van der Waals surface area contributed by atoms with Crippen LogP contribution in [-0.2, 0) is 0 Å². The summed E-state index contributed by atoms with van der Waals surface area (Å²) < 4.78 is 28.3. The molecule has 24 heavy (non-hydrogen) atoms. The van der Waals surface area contributed by atoms with Gasteiger partial charge in [-0.3, -0.25) is 4.99 Å². The molecule has 1 N–H and O–H groups in total. The van der Waals surface area contributed by atoms with E-state index in [0.29, 0.717) is 6.54 Å². The average Bonchev–Trinajstić information content (AvgIpc) is 2.85. The number of rotatable bonds is 4. The number of guanidine groups is 1. The number of likely N-dealkylation sites (N-methyl/N-ethyl adjacent to an activating group) is 1. The molecule has 0 radical (unpaired) electrons. The molecule has 1 aliphatic heterocycles. The predicted octanol–water partition coefficient (Wildman–Crippen LogP) is 2.87. The third-order valence-corrected chi connectivity index (χ3v) is 4.60. The average molecular weight is 338 g/mol. The molecule has 6 heteroatoms.